The average Bonchev–Trinajstić information content (AvgIpc) is 2.62. The van der Waals surface area contributed by atoms with Crippen LogP contribution in [-0.2, 0) is 16.0 Å². The van der Waals surface area contributed by atoms with Crippen LogP contribution in [0.1, 0.15) is 43.9 Å². The van der Waals surface area contributed by atoms with Crippen molar-refractivity contribution < 1.29 is 9.59 Å². The molecule has 24 heavy (non-hydrogen) atoms. The van der Waals surface area contributed by atoms with Crippen molar-refractivity contribution in [3.8, 4) is 0 Å². The van der Waals surface area contributed by atoms with E-state index in [-0.39, 0.29) is 23.7 Å². The van der Waals surface area contributed by atoms with Gasteiger partial charge in [-0.1, -0.05) is 74.5 Å². The van der Waals surface area contributed by atoms with Gasteiger partial charge in [0.2, 0.25) is 5.91 Å². The minimum absolute atomic E-state index is 0.00105. The van der Waals surface area contributed by atoms with Crippen LogP contribution in [-0.4, -0.2) is 11.7 Å². The van der Waals surface area contributed by atoms with E-state index in [2.05, 4.69) is 5.32 Å². The monoisotopic (exact) mass is 323 g/mol. The van der Waals surface area contributed by atoms with Gasteiger partial charge in [0.05, 0.1) is 6.04 Å². The van der Waals surface area contributed by atoms with Gasteiger partial charge >= 0.3 is 0 Å². The third-order valence-corrected chi connectivity index (χ3v) is 4.25. The van der Waals surface area contributed by atoms with E-state index >= 15 is 0 Å². The minimum atomic E-state index is -0.274. The van der Waals surface area contributed by atoms with Gasteiger partial charge < -0.3 is 5.32 Å². The van der Waals surface area contributed by atoms with Crippen molar-refractivity contribution in [2.45, 2.75) is 39.2 Å². The van der Waals surface area contributed by atoms with Crippen LogP contribution in [0.25, 0.3) is 0 Å². The summed E-state index contributed by atoms with van der Waals surface area (Å²) < 4.78 is 0. The van der Waals surface area contributed by atoms with Gasteiger partial charge in [0.15, 0.2) is 0 Å². The molecule has 0 fully saturated rings. The van der Waals surface area contributed by atoms with E-state index in [1.807, 2.05) is 74.5 Å². The molecule has 126 valence electrons. The molecule has 2 atom stereocenters. The first-order valence-electron chi connectivity index (χ1n) is 8.51. The minimum Gasteiger partial charge on any atom is -0.349 e. The number of nitrogens with one attached hydrogen (secondary N) is 1. The molecular formula is C21H25NO2. The van der Waals surface area contributed by atoms with Gasteiger partial charge in [-0.15, -0.1) is 0 Å². The summed E-state index contributed by atoms with van der Waals surface area (Å²) in [7, 11) is 0. The van der Waals surface area contributed by atoms with Gasteiger partial charge in [0.25, 0.3) is 0 Å². The van der Waals surface area contributed by atoms with Crippen LogP contribution in [0, 0.1) is 5.92 Å². The summed E-state index contributed by atoms with van der Waals surface area (Å²) in [6.07, 6.45) is 1.48. The third-order valence-electron chi connectivity index (χ3n) is 4.25. The number of carbonyl (C=O) groups excluding carboxylic acids is 2. The number of rotatable bonds is 8. The van der Waals surface area contributed by atoms with E-state index in [0.717, 1.165) is 17.5 Å². The number of Topliss-reactive ketones (excluding diaryl/α,β-unsaturated/α-hetero) is 1. The summed E-state index contributed by atoms with van der Waals surface area (Å²) >= 11 is 0. The summed E-state index contributed by atoms with van der Waals surface area (Å²) in [5.41, 5.74) is 1.97. The second kappa shape index (κ2) is 9.02. The fourth-order valence-corrected chi connectivity index (χ4v) is 2.56. The molecule has 2 aromatic carbocycles. The van der Waals surface area contributed by atoms with E-state index in [1.54, 1.807) is 0 Å². The van der Waals surface area contributed by atoms with Gasteiger partial charge in [0.1, 0.15) is 5.78 Å². The maximum atomic E-state index is 12.5. The number of benzene rings is 2. The maximum Gasteiger partial charge on any atom is 0.223 e. The molecule has 0 heterocycles. The Kier molecular flexibility index (Phi) is 6.74. The Labute approximate surface area is 144 Å². The molecule has 0 saturated heterocycles. The van der Waals surface area contributed by atoms with Crippen molar-refractivity contribution in [3.05, 3.63) is 71.8 Å². The van der Waals surface area contributed by atoms with E-state index in [4.69, 9.17) is 0 Å². The zero-order chi connectivity index (χ0) is 17.4. The first kappa shape index (κ1) is 17.9. The van der Waals surface area contributed by atoms with Crippen LogP contribution in [0.2, 0.25) is 0 Å². The molecule has 3 heteroatoms. The molecule has 0 spiro atoms. The Morgan fingerprint density at radius 2 is 1.54 bits per heavy atom. The second-order valence-corrected chi connectivity index (χ2v) is 6.19. The average molecular weight is 323 g/mol. The maximum absolute atomic E-state index is 12.5. The molecule has 2 aromatic rings. The predicted octanol–water partition coefficient (Wildman–Crippen LogP) is 4.09. The zero-order valence-electron chi connectivity index (χ0n) is 14.4. The number of ketones is 1. The highest BCUT2D eigenvalue weighted by molar-refractivity contribution is 5.83. The van der Waals surface area contributed by atoms with Gasteiger partial charge in [-0.25, -0.2) is 0 Å². The summed E-state index contributed by atoms with van der Waals surface area (Å²) in [4.78, 5) is 24.7. The van der Waals surface area contributed by atoms with Crippen LogP contribution < -0.4 is 5.32 Å². The number of hydrogen-bond donors (Lipinski definition) is 1. The van der Waals surface area contributed by atoms with Crippen molar-refractivity contribution in [1.82, 2.24) is 5.32 Å². The van der Waals surface area contributed by atoms with Gasteiger partial charge in [-0.2, -0.15) is 0 Å². The number of carbonyl (C=O) groups is 2. The Morgan fingerprint density at radius 1 is 0.958 bits per heavy atom. The molecule has 0 radical (unpaired) electrons. The Morgan fingerprint density at radius 3 is 2.12 bits per heavy atom. The molecule has 0 aromatic heterocycles. The lowest BCUT2D eigenvalue weighted by molar-refractivity contribution is -0.125. The zero-order valence-corrected chi connectivity index (χ0v) is 14.4. The van der Waals surface area contributed by atoms with E-state index in [1.165, 1.54) is 0 Å². The molecule has 1 amide bonds. The van der Waals surface area contributed by atoms with Crippen LogP contribution in [0.3, 0.4) is 0 Å². The number of amides is 1. The molecule has 1 N–H and O–H groups in total. The normalized spacial score (nSPS) is 13.1. The van der Waals surface area contributed by atoms with E-state index < -0.39 is 0 Å². The fraction of sp³-hybridized carbons (Fsp3) is 0.333. The van der Waals surface area contributed by atoms with Gasteiger partial charge in [-0.3, -0.25) is 9.59 Å². The Hall–Kier alpha value is -2.42. The molecule has 0 unspecified atom stereocenters. The highest BCUT2D eigenvalue weighted by Gasteiger charge is 2.20. The largest absolute Gasteiger partial charge is 0.349 e. The SMILES string of the molecule is CC[C@H](C)C(=O)N[C@H](CC(=O)Cc1ccccc1)c1ccccc1. The van der Waals surface area contributed by atoms with E-state index in [9.17, 15) is 9.59 Å². The highest BCUT2D eigenvalue weighted by Crippen LogP contribution is 2.19. The lowest BCUT2D eigenvalue weighted by atomic mass is 9.97. The number of hydrogen-bond acceptors (Lipinski definition) is 2. The van der Waals surface area contributed by atoms with Crippen molar-refractivity contribution in [1.29, 1.82) is 0 Å². The molecule has 3 nitrogen and oxygen atoms in total. The van der Waals surface area contributed by atoms with Crippen molar-refractivity contribution >= 4 is 11.7 Å². The quantitative estimate of drug-likeness (QED) is 0.795. The van der Waals surface area contributed by atoms with Crippen LogP contribution >= 0.6 is 0 Å². The lowest BCUT2D eigenvalue weighted by Gasteiger charge is -2.21. The molecule has 0 saturated carbocycles. The van der Waals surface area contributed by atoms with Crippen molar-refractivity contribution in [2.75, 3.05) is 0 Å². The first-order chi connectivity index (χ1) is 11.6. The Bertz CT molecular complexity index is 652. The second-order valence-electron chi connectivity index (χ2n) is 6.19. The summed E-state index contributed by atoms with van der Waals surface area (Å²) in [5.74, 6) is 0.0683. The standard InChI is InChI=1S/C21H25NO2/c1-3-16(2)21(24)22-20(18-12-8-5-9-13-18)15-19(23)14-17-10-6-4-7-11-17/h4-13,16,20H,3,14-15H2,1-2H3,(H,22,24)/t16-,20+/m0/s1. The molecule has 0 aliphatic heterocycles. The lowest BCUT2D eigenvalue weighted by Crippen LogP contribution is -2.34. The molecule has 2 rings (SSSR count). The molecular weight excluding hydrogens is 298 g/mol. The first-order valence-corrected chi connectivity index (χ1v) is 8.51. The summed E-state index contributed by atoms with van der Waals surface area (Å²) in [6, 6.07) is 19.1. The van der Waals surface area contributed by atoms with Crippen LogP contribution in [0.5, 0.6) is 0 Å². The predicted molar refractivity (Wildman–Crippen MR) is 96.6 cm³/mol. The van der Waals surface area contributed by atoms with Gasteiger partial charge in [-0.05, 0) is 17.5 Å². The molecule has 0 aliphatic carbocycles. The summed E-state index contributed by atoms with van der Waals surface area (Å²) in [5, 5.41) is 3.04. The fourth-order valence-electron chi connectivity index (χ4n) is 2.56. The smallest absolute Gasteiger partial charge is 0.223 e. The highest BCUT2D eigenvalue weighted by atomic mass is 16.2. The topological polar surface area (TPSA) is 46.2 Å². The van der Waals surface area contributed by atoms with Crippen molar-refractivity contribution in [3.63, 3.8) is 0 Å². The van der Waals surface area contributed by atoms with E-state index in [0.29, 0.717) is 12.8 Å². The van der Waals surface area contributed by atoms with Crippen LogP contribution in [0.4, 0.5) is 0 Å². The Balaban J connectivity index is 2.08. The van der Waals surface area contributed by atoms with Crippen molar-refractivity contribution in [2.24, 2.45) is 5.92 Å². The van der Waals surface area contributed by atoms with Gasteiger partial charge in [0, 0.05) is 18.8 Å². The molecule has 0 bridgehead atoms. The summed E-state index contributed by atoms with van der Waals surface area (Å²) in [6.45, 7) is 3.89. The van der Waals surface area contributed by atoms with Crippen LogP contribution in [0.15, 0.2) is 60.7 Å². The molecule has 0 aliphatic rings. The third kappa shape index (κ3) is 5.34.